The van der Waals surface area contributed by atoms with E-state index in [-0.39, 0.29) is 95.5 Å². The molecular formula is C88H114F2GeHfN2O4-2. The first kappa shape index (κ1) is 79.2. The van der Waals surface area contributed by atoms with Gasteiger partial charge in [-0.15, -0.1) is 0 Å². The van der Waals surface area contributed by atoms with Crippen LogP contribution in [-0.4, -0.2) is 43.5 Å². The van der Waals surface area contributed by atoms with Crippen molar-refractivity contribution in [1.29, 1.82) is 0 Å². The van der Waals surface area contributed by atoms with Gasteiger partial charge in [0.1, 0.15) is 0 Å². The number of halogens is 2. The standard InChI is InChI=1S/C86H108F2GeN2O4.2CH3.Hf/c1-25-89(26-2,51-94-75-37-31-59(87)47-65(75)67-43-57(85(21,22)49-79(3,4)5)45-73(77(67)92)90-69-33-27-53(81(9,10)11)39-61(69)62-40-54(82(12,13)14)28-34-70(62)90)52-95-76-38-32-60(88)48-66(76)68-44-58(86(23,24)50-80(6,7)8)46-74(78(68)93)91-71-35-29-55(83(15,16)17)41-63(71)64-42-56(84(18,19)20)30-36-72(64)91;;;/h27-48,92-93H,25-26,49-52H2,1-24H3;2*1H3;/q;2*-1;. The number of hydrogen-bond acceptors (Lipinski definition) is 4. The zero-order valence-corrected chi connectivity index (χ0v) is 70.0. The molecule has 0 fully saturated rings. The fourth-order valence-electron chi connectivity index (χ4n) is 14.9. The van der Waals surface area contributed by atoms with Crippen molar-refractivity contribution in [2.45, 2.75) is 222 Å². The van der Waals surface area contributed by atoms with Gasteiger partial charge in [-0.3, -0.25) is 0 Å². The van der Waals surface area contributed by atoms with E-state index >= 15 is 8.78 Å². The third kappa shape index (κ3) is 16.1. The number of fused-ring (bicyclic) bond motifs is 6. The van der Waals surface area contributed by atoms with Gasteiger partial charge in [0.25, 0.3) is 0 Å². The van der Waals surface area contributed by atoms with Crippen LogP contribution in [0.5, 0.6) is 23.0 Å². The van der Waals surface area contributed by atoms with Crippen LogP contribution >= 0.6 is 0 Å². The van der Waals surface area contributed by atoms with Crippen molar-refractivity contribution in [3.05, 3.63) is 193 Å². The summed E-state index contributed by atoms with van der Waals surface area (Å²) in [7, 11) is 0. The Morgan fingerprint density at radius 1 is 0.357 bits per heavy atom. The van der Waals surface area contributed by atoms with Crippen LogP contribution in [0.15, 0.2) is 133 Å². The summed E-state index contributed by atoms with van der Waals surface area (Å²) in [5.74, 6) is 0.0942. The average molecular weight is 1550 g/mol. The number of phenolic OH excluding ortho intramolecular Hbond substituents is 2. The van der Waals surface area contributed by atoms with Crippen molar-refractivity contribution in [2.75, 3.05) is 10.9 Å². The van der Waals surface area contributed by atoms with E-state index in [1.807, 2.05) is 0 Å². The van der Waals surface area contributed by atoms with Crippen molar-refractivity contribution in [3.8, 4) is 56.6 Å². The Morgan fingerprint density at radius 2 is 0.633 bits per heavy atom. The maximum Gasteiger partial charge on any atom is 0 e. The molecule has 98 heavy (non-hydrogen) atoms. The Balaban J connectivity index is 0.00000451. The average Bonchev–Trinajstić information content (AvgIpc) is 1.55. The monoisotopic (exact) mass is 1550 g/mol. The number of nitrogens with zero attached hydrogens (tertiary/aromatic N) is 2. The third-order valence-electron chi connectivity index (χ3n) is 20.2. The Bertz CT molecular complexity index is 4150. The van der Waals surface area contributed by atoms with Gasteiger partial charge in [0.2, 0.25) is 0 Å². The molecule has 0 aliphatic rings. The number of aromatic hydroxyl groups is 2. The Morgan fingerprint density at radius 3 is 0.878 bits per heavy atom. The minimum absolute atomic E-state index is 0. The SMILES string of the molecule is C[CH2][Ge]([CH2]C)([CH2]Oc1ccc(F)cc1-c1cc(C(C)(C)CC(C)(C)C)cc(-n2c3ccc(C(C)(C)C)cc3c3cc(C(C)(C)C)ccc32)c1O)[CH2]Oc1ccc(F)cc1-c1cc(C(C)(C)CC(C)(C)C)cc(-n2c3ccc(C(C)(C)C)cc3c3cc(C(C)(C)C)ccc32)c1O.[CH3-].[CH3-].[Hf]. The fourth-order valence-corrected chi connectivity index (χ4v) is 19.8. The second-order valence-electron chi connectivity index (χ2n) is 35.7. The van der Waals surface area contributed by atoms with Crippen LogP contribution in [0.25, 0.3) is 77.2 Å². The molecule has 2 aromatic heterocycles. The van der Waals surface area contributed by atoms with Crippen LogP contribution in [0.1, 0.15) is 212 Å². The maximum atomic E-state index is 16.2. The van der Waals surface area contributed by atoms with Gasteiger partial charge < -0.3 is 14.9 Å². The quantitative estimate of drug-likeness (QED) is 0.0747. The summed E-state index contributed by atoms with van der Waals surface area (Å²) in [6.07, 6.45) is 1.68. The fraction of sp³-hybridized carbons (Fsp3) is 0.432. The van der Waals surface area contributed by atoms with Crippen molar-refractivity contribution >= 4 is 56.9 Å². The van der Waals surface area contributed by atoms with Gasteiger partial charge in [0, 0.05) is 25.8 Å². The second kappa shape index (κ2) is 28.0. The molecule has 0 aliphatic carbocycles. The summed E-state index contributed by atoms with van der Waals surface area (Å²) < 4.78 is 51.2. The molecule has 0 aliphatic heterocycles. The molecule has 10 rings (SSSR count). The zero-order chi connectivity index (χ0) is 69.9. The first-order chi connectivity index (χ1) is 43.8. The largest absolute Gasteiger partial charge is 0.358 e. The van der Waals surface area contributed by atoms with Gasteiger partial charge in [0.15, 0.2) is 0 Å². The van der Waals surface area contributed by atoms with E-state index in [1.54, 1.807) is 12.1 Å². The smallest absolute Gasteiger partial charge is 0 e. The summed E-state index contributed by atoms with van der Waals surface area (Å²) in [5, 5.41) is 32.5. The van der Waals surface area contributed by atoms with Crippen LogP contribution in [0.3, 0.4) is 0 Å². The van der Waals surface area contributed by atoms with E-state index in [0.717, 1.165) is 78.1 Å². The summed E-state index contributed by atoms with van der Waals surface area (Å²) in [6.45, 7) is 53.8. The molecule has 2 N–H and O–H groups in total. The normalized spacial score (nSPS) is 13.1. The molecule has 0 amide bonds. The van der Waals surface area contributed by atoms with Gasteiger partial charge in [0.05, 0.1) is 0 Å². The van der Waals surface area contributed by atoms with Gasteiger partial charge in [-0.05, 0) is 21.7 Å². The van der Waals surface area contributed by atoms with E-state index in [9.17, 15) is 10.2 Å². The summed E-state index contributed by atoms with van der Waals surface area (Å²) in [4.78, 5) is 0. The summed E-state index contributed by atoms with van der Waals surface area (Å²) >= 11 is -3.31. The number of ether oxygens (including phenoxy) is 2. The van der Waals surface area contributed by atoms with Crippen LogP contribution in [0.2, 0.25) is 10.5 Å². The molecule has 0 saturated heterocycles. The zero-order valence-electron chi connectivity index (χ0n) is 64.3. The molecule has 0 spiro atoms. The van der Waals surface area contributed by atoms with Crippen LogP contribution in [0, 0.1) is 37.3 Å². The molecule has 0 bridgehead atoms. The first-order valence-electron chi connectivity index (χ1n) is 34.6. The molecule has 0 radical (unpaired) electrons. The summed E-state index contributed by atoms with van der Waals surface area (Å²) in [6, 6.07) is 44.5. The van der Waals surface area contributed by atoms with Crippen LogP contribution < -0.4 is 9.47 Å². The first-order valence-corrected chi connectivity index (χ1v) is 40.6. The minimum Gasteiger partial charge on any atom is -0.358 e. The molecular weight excluding hydrogens is 1440 g/mol. The van der Waals surface area contributed by atoms with Gasteiger partial charge in [-0.2, -0.15) is 0 Å². The van der Waals surface area contributed by atoms with Crippen molar-refractivity contribution in [3.63, 3.8) is 0 Å². The molecule has 0 unspecified atom stereocenters. The van der Waals surface area contributed by atoms with Gasteiger partial charge in [-0.25, -0.2) is 0 Å². The van der Waals surface area contributed by atoms with Crippen LogP contribution in [-0.2, 0) is 58.3 Å². The van der Waals surface area contributed by atoms with Gasteiger partial charge in [-0.1, -0.05) is 83.1 Å². The molecule has 6 nitrogen and oxygen atoms in total. The van der Waals surface area contributed by atoms with Gasteiger partial charge >= 0.3 is 469 Å². The van der Waals surface area contributed by atoms with Crippen molar-refractivity contribution in [1.82, 2.24) is 9.13 Å². The summed E-state index contributed by atoms with van der Waals surface area (Å²) in [5.41, 5.74) is 13.3. The number of benzene rings is 8. The van der Waals surface area contributed by atoms with Crippen molar-refractivity contribution in [2.24, 2.45) is 10.8 Å². The Labute approximate surface area is 609 Å². The molecule has 0 saturated carbocycles. The number of aromatic nitrogens is 2. The molecule has 10 heteroatoms. The predicted octanol–water partition coefficient (Wildman–Crippen LogP) is 25.4. The van der Waals surface area contributed by atoms with Crippen molar-refractivity contribution < 1.29 is 54.3 Å². The molecule has 524 valence electrons. The Kier molecular flexibility index (Phi) is 22.6. The third-order valence-corrected chi connectivity index (χ3v) is 29.7. The number of phenols is 2. The van der Waals surface area contributed by atoms with Crippen LogP contribution in [0.4, 0.5) is 8.78 Å². The number of rotatable bonds is 16. The van der Waals surface area contributed by atoms with E-state index in [4.69, 9.17) is 9.47 Å². The minimum atomic E-state index is -3.31. The van der Waals surface area contributed by atoms with E-state index in [1.165, 1.54) is 46.5 Å². The number of hydrogen-bond donors (Lipinski definition) is 2. The van der Waals surface area contributed by atoms with E-state index in [2.05, 4.69) is 272 Å². The van der Waals surface area contributed by atoms with E-state index in [0.29, 0.717) is 56.0 Å². The topological polar surface area (TPSA) is 68.8 Å². The predicted molar refractivity (Wildman–Crippen MR) is 415 cm³/mol. The van der Waals surface area contributed by atoms with E-state index < -0.39 is 24.9 Å². The molecule has 2 heterocycles. The molecule has 0 atom stereocenters. The molecule has 8 aromatic carbocycles. The maximum absolute atomic E-state index is 16.2. The second-order valence-corrected chi connectivity index (χ2v) is 46.2. The Hall–Kier alpha value is -6.17. The molecule has 10 aromatic rings.